The predicted molar refractivity (Wildman–Crippen MR) is 94.0 cm³/mol. The summed E-state index contributed by atoms with van der Waals surface area (Å²) in [5.74, 6) is 0. The summed E-state index contributed by atoms with van der Waals surface area (Å²) < 4.78 is 0. The topological polar surface area (TPSA) is 19.9 Å². The van der Waals surface area contributed by atoms with Crippen LogP contribution in [0.4, 0.5) is 0 Å². The van der Waals surface area contributed by atoms with Crippen LogP contribution in [0.25, 0.3) is 0 Å². The van der Waals surface area contributed by atoms with E-state index in [1.54, 1.807) is 6.08 Å². The van der Waals surface area contributed by atoms with Gasteiger partial charge < -0.3 is 0 Å². The molecule has 0 aromatic carbocycles. The van der Waals surface area contributed by atoms with Gasteiger partial charge in [0.1, 0.15) is 6.26 Å². The molecular formula is C20H39O. The van der Waals surface area contributed by atoms with Crippen LogP contribution in [0, 0.1) is 0 Å². The molecule has 1 nitrogen and oxygen atoms in total. The lowest BCUT2D eigenvalue weighted by atomic mass is 10.0. The van der Waals surface area contributed by atoms with Crippen molar-refractivity contribution in [3.63, 3.8) is 0 Å². The van der Waals surface area contributed by atoms with Gasteiger partial charge in [-0.25, -0.2) is 0 Å². The molecule has 0 spiro atoms. The fraction of sp³-hybridized carbons (Fsp3) is 0.900. The SMILES string of the molecule is CCCCCCCCCCCCCCCCCC/C=C/[O]. The number of hydrogen-bond donors (Lipinski definition) is 0. The number of allylic oxidation sites excluding steroid dienone is 1. The minimum atomic E-state index is 0.922. The molecular weight excluding hydrogens is 256 g/mol. The van der Waals surface area contributed by atoms with Crippen LogP contribution >= 0.6 is 0 Å². The van der Waals surface area contributed by atoms with Gasteiger partial charge in [0.25, 0.3) is 0 Å². The van der Waals surface area contributed by atoms with Crippen molar-refractivity contribution in [1.82, 2.24) is 0 Å². The van der Waals surface area contributed by atoms with Gasteiger partial charge in [0.05, 0.1) is 0 Å². The zero-order valence-electron chi connectivity index (χ0n) is 14.6. The number of unbranched alkanes of at least 4 members (excludes halogenated alkanes) is 16. The van der Waals surface area contributed by atoms with Crippen LogP contribution in [0.2, 0.25) is 0 Å². The van der Waals surface area contributed by atoms with E-state index in [1.165, 1.54) is 103 Å². The monoisotopic (exact) mass is 295 g/mol. The molecule has 0 saturated heterocycles. The maximum atomic E-state index is 10.1. The molecule has 0 aliphatic rings. The quantitative estimate of drug-likeness (QED) is 0.195. The predicted octanol–water partition coefficient (Wildman–Crippen LogP) is 7.58. The first-order valence-corrected chi connectivity index (χ1v) is 9.68. The van der Waals surface area contributed by atoms with Gasteiger partial charge in [0, 0.05) is 0 Å². The first-order valence-electron chi connectivity index (χ1n) is 9.68. The maximum Gasteiger partial charge on any atom is 0.138 e. The van der Waals surface area contributed by atoms with Gasteiger partial charge in [-0.3, -0.25) is 5.11 Å². The molecule has 0 rings (SSSR count). The Balaban J connectivity index is 2.93. The lowest BCUT2D eigenvalue weighted by Crippen LogP contribution is -1.83. The first kappa shape index (κ1) is 20.5. The average molecular weight is 296 g/mol. The first-order chi connectivity index (χ1) is 10.4. The van der Waals surface area contributed by atoms with E-state index in [-0.39, 0.29) is 0 Å². The summed E-state index contributed by atoms with van der Waals surface area (Å²) in [7, 11) is 0. The van der Waals surface area contributed by atoms with Crippen molar-refractivity contribution >= 4 is 0 Å². The Bertz CT molecular complexity index is 198. The van der Waals surface area contributed by atoms with E-state index < -0.39 is 0 Å². The lowest BCUT2D eigenvalue weighted by molar-refractivity contribution is 0.349. The third-order valence-electron chi connectivity index (χ3n) is 4.32. The van der Waals surface area contributed by atoms with Crippen molar-refractivity contribution in [3.05, 3.63) is 12.3 Å². The number of rotatable bonds is 17. The van der Waals surface area contributed by atoms with Gasteiger partial charge in [0.15, 0.2) is 0 Å². The van der Waals surface area contributed by atoms with E-state index in [9.17, 15) is 5.11 Å². The molecule has 21 heavy (non-hydrogen) atoms. The van der Waals surface area contributed by atoms with Gasteiger partial charge in [-0.15, -0.1) is 0 Å². The molecule has 0 unspecified atom stereocenters. The molecule has 1 heteroatoms. The fourth-order valence-corrected chi connectivity index (χ4v) is 2.88. The smallest absolute Gasteiger partial charge is 0.138 e. The van der Waals surface area contributed by atoms with E-state index in [1.807, 2.05) is 0 Å². The molecule has 0 heterocycles. The summed E-state index contributed by atoms with van der Waals surface area (Å²) in [4.78, 5) is 0. The molecule has 0 aromatic rings. The molecule has 0 aromatic heterocycles. The Kier molecular flexibility index (Phi) is 19.1. The summed E-state index contributed by atoms with van der Waals surface area (Å²) in [6.45, 7) is 2.28. The molecule has 0 N–H and O–H groups in total. The minimum Gasteiger partial charge on any atom is -0.299 e. The van der Waals surface area contributed by atoms with E-state index in [0.29, 0.717) is 0 Å². The maximum absolute atomic E-state index is 10.1. The second-order valence-electron chi connectivity index (χ2n) is 6.46. The van der Waals surface area contributed by atoms with Crippen molar-refractivity contribution < 1.29 is 5.11 Å². The zero-order valence-corrected chi connectivity index (χ0v) is 14.6. The Morgan fingerprint density at radius 3 is 1.19 bits per heavy atom. The fourth-order valence-electron chi connectivity index (χ4n) is 2.88. The average Bonchev–Trinajstić information content (AvgIpc) is 2.50. The van der Waals surface area contributed by atoms with E-state index in [0.717, 1.165) is 12.7 Å². The highest BCUT2D eigenvalue weighted by molar-refractivity contribution is 4.70. The molecule has 0 atom stereocenters. The third-order valence-corrected chi connectivity index (χ3v) is 4.32. The summed E-state index contributed by atoms with van der Waals surface area (Å²) in [5.41, 5.74) is 0. The van der Waals surface area contributed by atoms with Crippen LogP contribution in [0.3, 0.4) is 0 Å². The summed E-state index contributed by atoms with van der Waals surface area (Å²) in [5, 5.41) is 10.1. The second-order valence-corrected chi connectivity index (χ2v) is 6.46. The minimum absolute atomic E-state index is 0.922. The molecule has 0 aliphatic heterocycles. The lowest BCUT2D eigenvalue weighted by Gasteiger charge is -2.03. The molecule has 125 valence electrons. The molecule has 0 fully saturated rings. The van der Waals surface area contributed by atoms with Crippen molar-refractivity contribution in [2.75, 3.05) is 0 Å². The van der Waals surface area contributed by atoms with Gasteiger partial charge in [-0.1, -0.05) is 103 Å². The molecule has 0 amide bonds. The normalized spacial score (nSPS) is 11.5. The van der Waals surface area contributed by atoms with Crippen molar-refractivity contribution in [3.8, 4) is 0 Å². The van der Waals surface area contributed by atoms with Crippen LogP contribution in [-0.2, 0) is 5.11 Å². The molecule has 0 aliphatic carbocycles. The summed E-state index contributed by atoms with van der Waals surface area (Å²) in [6, 6.07) is 0. The highest BCUT2D eigenvalue weighted by Gasteiger charge is 1.94. The van der Waals surface area contributed by atoms with Crippen LogP contribution < -0.4 is 0 Å². The number of hydrogen-bond acceptors (Lipinski definition) is 0. The van der Waals surface area contributed by atoms with Crippen LogP contribution in [-0.4, -0.2) is 0 Å². The Morgan fingerprint density at radius 1 is 0.524 bits per heavy atom. The molecule has 0 saturated carbocycles. The van der Waals surface area contributed by atoms with E-state index in [4.69, 9.17) is 0 Å². The summed E-state index contributed by atoms with van der Waals surface area (Å²) >= 11 is 0. The van der Waals surface area contributed by atoms with E-state index in [2.05, 4.69) is 6.92 Å². The van der Waals surface area contributed by atoms with Gasteiger partial charge >= 0.3 is 0 Å². The zero-order chi connectivity index (χ0) is 15.4. The Morgan fingerprint density at radius 2 is 0.857 bits per heavy atom. The van der Waals surface area contributed by atoms with Crippen molar-refractivity contribution in [1.29, 1.82) is 0 Å². The van der Waals surface area contributed by atoms with Gasteiger partial charge in [-0.2, -0.15) is 0 Å². The van der Waals surface area contributed by atoms with Crippen LogP contribution in [0.5, 0.6) is 0 Å². The molecule has 1 radical (unpaired) electrons. The highest BCUT2D eigenvalue weighted by atomic mass is 16.2. The van der Waals surface area contributed by atoms with Crippen molar-refractivity contribution in [2.24, 2.45) is 0 Å². The van der Waals surface area contributed by atoms with E-state index >= 15 is 0 Å². The largest absolute Gasteiger partial charge is 0.299 e. The Labute approximate surface area is 134 Å². The summed E-state index contributed by atoms with van der Waals surface area (Å²) in [6.07, 6.45) is 26.1. The molecule has 0 bridgehead atoms. The van der Waals surface area contributed by atoms with Crippen molar-refractivity contribution in [2.45, 2.75) is 116 Å². The highest BCUT2D eigenvalue weighted by Crippen LogP contribution is 2.13. The second kappa shape index (κ2) is 19.5. The standard InChI is InChI=1S/C20H39O/c1-2-3-4-5-6-7-8-9-10-11-12-13-14-15-16-17-18-19-20-21/h19-20H,2-18H2,1H3/b20-19+. The van der Waals surface area contributed by atoms with Crippen LogP contribution in [0.15, 0.2) is 12.3 Å². The van der Waals surface area contributed by atoms with Gasteiger partial charge in [-0.05, 0) is 18.9 Å². The Hall–Kier alpha value is -0.460. The third kappa shape index (κ3) is 19.5. The van der Waals surface area contributed by atoms with Crippen LogP contribution in [0.1, 0.15) is 116 Å². The van der Waals surface area contributed by atoms with Gasteiger partial charge in [0.2, 0.25) is 0 Å².